The van der Waals surface area contributed by atoms with E-state index in [1.807, 2.05) is 6.92 Å². The third-order valence-electron chi connectivity index (χ3n) is 1.54. The van der Waals surface area contributed by atoms with Crippen LogP contribution < -0.4 is 0 Å². The monoisotopic (exact) mass is 186 g/mol. The third-order valence-corrected chi connectivity index (χ3v) is 2.46. The molecule has 0 spiro atoms. The number of rotatable bonds is 6. The molecule has 0 atom stereocenters. The first-order chi connectivity index (χ1) is 5.81. The van der Waals surface area contributed by atoms with Gasteiger partial charge in [0, 0.05) is 5.75 Å². The van der Waals surface area contributed by atoms with Crippen LogP contribution >= 0.6 is 11.8 Å². The molecule has 0 bridgehead atoms. The summed E-state index contributed by atoms with van der Waals surface area (Å²) in [5.74, 6) is 0.975. The molecule has 0 aliphatic rings. The van der Waals surface area contributed by atoms with Crippen LogP contribution in [0.25, 0.3) is 0 Å². The van der Waals surface area contributed by atoms with E-state index in [1.54, 1.807) is 12.2 Å². The van der Waals surface area contributed by atoms with Gasteiger partial charge in [0.25, 0.3) is 0 Å². The molecule has 0 aromatic heterocycles. The molecule has 0 saturated heterocycles. The highest BCUT2D eigenvalue weighted by molar-refractivity contribution is 8.14. The van der Waals surface area contributed by atoms with Crippen molar-refractivity contribution >= 4 is 16.9 Å². The number of hydrogen-bond acceptors (Lipinski definition) is 2. The summed E-state index contributed by atoms with van der Waals surface area (Å²) in [6.07, 6.45) is 8.39. The first-order valence-corrected chi connectivity index (χ1v) is 5.59. The molecule has 2 heteroatoms. The molecule has 0 amide bonds. The van der Waals surface area contributed by atoms with Crippen LogP contribution in [-0.4, -0.2) is 10.9 Å². The van der Waals surface area contributed by atoms with E-state index >= 15 is 0 Å². The topological polar surface area (TPSA) is 17.1 Å². The van der Waals surface area contributed by atoms with Gasteiger partial charge in [-0.25, -0.2) is 0 Å². The van der Waals surface area contributed by atoms with E-state index in [-0.39, 0.29) is 5.12 Å². The predicted octanol–water partition coefficient (Wildman–Crippen LogP) is 3.40. The van der Waals surface area contributed by atoms with Gasteiger partial charge in [-0.1, -0.05) is 44.0 Å². The van der Waals surface area contributed by atoms with E-state index in [9.17, 15) is 4.79 Å². The number of unbranched alkanes of at least 4 members (excludes halogenated alkanes) is 3. The summed E-state index contributed by atoms with van der Waals surface area (Å²) < 4.78 is 0. The fraction of sp³-hybridized carbons (Fsp3) is 0.700. The van der Waals surface area contributed by atoms with Crippen molar-refractivity contribution in [2.24, 2.45) is 0 Å². The van der Waals surface area contributed by atoms with Crippen LogP contribution in [0.4, 0.5) is 0 Å². The second kappa shape index (κ2) is 8.85. The smallest absolute Gasteiger partial charge is 0.211 e. The Morgan fingerprint density at radius 3 is 2.67 bits per heavy atom. The summed E-state index contributed by atoms with van der Waals surface area (Å²) in [6, 6.07) is 0. The summed E-state index contributed by atoms with van der Waals surface area (Å²) >= 11 is 1.43. The average Bonchev–Trinajstić information content (AvgIpc) is 2.05. The van der Waals surface area contributed by atoms with E-state index in [0.29, 0.717) is 0 Å². The molecule has 0 saturated carbocycles. The van der Waals surface area contributed by atoms with Crippen molar-refractivity contribution in [2.75, 3.05) is 5.75 Å². The Bertz CT molecular complexity index is 141. The fourth-order valence-corrected chi connectivity index (χ4v) is 1.67. The minimum Gasteiger partial charge on any atom is -0.282 e. The number of thioether (sulfide) groups is 1. The summed E-state index contributed by atoms with van der Waals surface area (Å²) in [6.45, 7) is 4.06. The summed E-state index contributed by atoms with van der Waals surface area (Å²) in [5, 5.41) is 0.189. The van der Waals surface area contributed by atoms with Crippen molar-refractivity contribution in [1.82, 2.24) is 0 Å². The van der Waals surface area contributed by atoms with Gasteiger partial charge in [-0.3, -0.25) is 4.79 Å². The molecule has 70 valence electrons. The minimum atomic E-state index is 0.189. The van der Waals surface area contributed by atoms with Gasteiger partial charge in [0.2, 0.25) is 5.12 Å². The molecule has 0 aromatic rings. The standard InChI is InChI=1S/C10H18OS/c1-3-5-6-7-9-12-10(11)8-4-2/h4,8H,3,5-7,9H2,1-2H3. The van der Waals surface area contributed by atoms with Gasteiger partial charge >= 0.3 is 0 Å². The van der Waals surface area contributed by atoms with E-state index in [4.69, 9.17) is 0 Å². The van der Waals surface area contributed by atoms with Gasteiger partial charge in [0.05, 0.1) is 0 Å². The van der Waals surface area contributed by atoms with Crippen LogP contribution in [0.1, 0.15) is 39.5 Å². The molecule has 0 fully saturated rings. The Balaban J connectivity index is 3.14. The van der Waals surface area contributed by atoms with Gasteiger partial charge in [-0.2, -0.15) is 0 Å². The lowest BCUT2D eigenvalue weighted by Crippen LogP contribution is -1.88. The van der Waals surface area contributed by atoms with Gasteiger partial charge < -0.3 is 0 Å². The van der Waals surface area contributed by atoms with E-state index in [1.165, 1.54) is 37.4 Å². The molecule has 1 nitrogen and oxygen atoms in total. The highest BCUT2D eigenvalue weighted by Crippen LogP contribution is 2.08. The molecule has 0 N–H and O–H groups in total. The maximum absolute atomic E-state index is 11.0. The first-order valence-electron chi connectivity index (χ1n) is 4.60. The van der Waals surface area contributed by atoms with Crippen LogP contribution in [0.2, 0.25) is 0 Å². The minimum absolute atomic E-state index is 0.189. The van der Waals surface area contributed by atoms with Crippen molar-refractivity contribution in [2.45, 2.75) is 39.5 Å². The number of allylic oxidation sites excluding steroid dienone is 1. The molecule has 0 aliphatic heterocycles. The lowest BCUT2D eigenvalue weighted by atomic mass is 10.2. The molecule has 0 aliphatic carbocycles. The van der Waals surface area contributed by atoms with Crippen molar-refractivity contribution in [1.29, 1.82) is 0 Å². The van der Waals surface area contributed by atoms with Crippen LogP contribution in [0.15, 0.2) is 12.2 Å². The summed E-state index contributed by atoms with van der Waals surface area (Å²) in [7, 11) is 0. The van der Waals surface area contributed by atoms with Crippen molar-refractivity contribution in [3.63, 3.8) is 0 Å². The fourth-order valence-electron chi connectivity index (χ4n) is 0.886. The first kappa shape index (κ1) is 11.8. The van der Waals surface area contributed by atoms with Gasteiger partial charge in [-0.05, 0) is 19.4 Å². The lowest BCUT2D eigenvalue weighted by molar-refractivity contribution is -0.107. The maximum atomic E-state index is 11.0. The number of hydrogen-bond donors (Lipinski definition) is 0. The average molecular weight is 186 g/mol. The largest absolute Gasteiger partial charge is 0.282 e. The zero-order chi connectivity index (χ0) is 9.23. The SMILES string of the molecule is CC=CC(=O)SCCCCCC. The second-order valence-electron chi connectivity index (χ2n) is 2.73. The summed E-state index contributed by atoms with van der Waals surface area (Å²) in [4.78, 5) is 11.0. The predicted molar refractivity (Wildman–Crippen MR) is 56.4 cm³/mol. The Morgan fingerprint density at radius 2 is 2.08 bits per heavy atom. The van der Waals surface area contributed by atoms with E-state index < -0.39 is 0 Å². The van der Waals surface area contributed by atoms with Gasteiger partial charge in [0.15, 0.2) is 0 Å². The molecule has 0 aromatic carbocycles. The summed E-state index contributed by atoms with van der Waals surface area (Å²) in [5.41, 5.74) is 0. The Labute approximate surface area is 79.6 Å². The lowest BCUT2D eigenvalue weighted by Gasteiger charge is -1.96. The van der Waals surface area contributed by atoms with E-state index in [0.717, 1.165) is 5.75 Å². The zero-order valence-electron chi connectivity index (χ0n) is 8.01. The number of carbonyl (C=O) groups excluding carboxylic acids is 1. The Hall–Kier alpha value is -0.240. The molecule has 0 radical (unpaired) electrons. The Morgan fingerprint density at radius 1 is 1.33 bits per heavy atom. The Kier molecular flexibility index (Phi) is 8.68. The third kappa shape index (κ3) is 7.86. The van der Waals surface area contributed by atoms with Crippen LogP contribution in [0, 0.1) is 0 Å². The molecule has 0 unspecified atom stereocenters. The number of carbonyl (C=O) groups is 1. The zero-order valence-corrected chi connectivity index (χ0v) is 8.82. The van der Waals surface area contributed by atoms with Crippen LogP contribution in [0.5, 0.6) is 0 Å². The maximum Gasteiger partial charge on any atom is 0.211 e. The second-order valence-corrected chi connectivity index (χ2v) is 3.83. The highest BCUT2D eigenvalue weighted by Gasteiger charge is 1.95. The molecular formula is C10H18OS. The van der Waals surface area contributed by atoms with E-state index in [2.05, 4.69) is 6.92 Å². The highest BCUT2D eigenvalue weighted by atomic mass is 32.2. The molecule has 12 heavy (non-hydrogen) atoms. The molecular weight excluding hydrogens is 168 g/mol. The van der Waals surface area contributed by atoms with Crippen molar-refractivity contribution in [3.05, 3.63) is 12.2 Å². The quantitative estimate of drug-likeness (QED) is 0.467. The van der Waals surface area contributed by atoms with Crippen molar-refractivity contribution < 1.29 is 4.79 Å². The van der Waals surface area contributed by atoms with Crippen molar-refractivity contribution in [3.8, 4) is 0 Å². The van der Waals surface area contributed by atoms with Gasteiger partial charge in [0.1, 0.15) is 0 Å². The van der Waals surface area contributed by atoms with Crippen LogP contribution in [0.3, 0.4) is 0 Å². The van der Waals surface area contributed by atoms with Crippen LogP contribution in [-0.2, 0) is 4.79 Å². The normalized spacial score (nSPS) is 10.8. The molecule has 0 rings (SSSR count). The van der Waals surface area contributed by atoms with Gasteiger partial charge in [-0.15, -0.1) is 0 Å². The molecule has 0 heterocycles.